The first-order valence-electron chi connectivity index (χ1n) is 14.8. The predicted octanol–water partition coefficient (Wildman–Crippen LogP) is 8.35. The number of para-hydroxylation sites is 2. The van der Waals surface area contributed by atoms with Crippen LogP contribution in [0.4, 0.5) is 0 Å². The molecule has 0 unspecified atom stereocenters. The molecule has 4 aromatic carbocycles. The minimum atomic E-state index is 0. The Bertz CT molecular complexity index is 1340. The fourth-order valence-electron chi connectivity index (χ4n) is 5.42. The van der Waals surface area contributed by atoms with Gasteiger partial charge in [0.1, 0.15) is 24.7 Å². The van der Waals surface area contributed by atoms with E-state index in [1.165, 1.54) is 44.5 Å². The standard InChI is InChI=1S/2C19H21NO.ClH/c2*1-20(2)13-7-11-17-16-9-4-3-8-15(16)14-21-19-12-6-5-10-18(17)19;/h2*3-6,8-12H,7,13-14H2,1-2H3;1H. The molecule has 0 fully saturated rings. The van der Waals surface area contributed by atoms with Gasteiger partial charge >= 0.3 is 0 Å². The fraction of sp³-hybridized carbons (Fsp3) is 0.263. The van der Waals surface area contributed by atoms with Crippen molar-refractivity contribution in [3.63, 3.8) is 0 Å². The van der Waals surface area contributed by atoms with Crippen LogP contribution in [0.2, 0.25) is 0 Å². The highest BCUT2D eigenvalue weighted by atomic mass is 35.5. The molecular formula is C38H43ClN2O2. The van der Waals surface area contributed by atoms with E-state index < -0.39 is 0 Å². The summed E-state index contributed by atoms with van der Waals surface area (Å²) >= 11 is 0. The monoisotopic (exact) mass is 594 g/mol. The summed E-state index contributed by atoms with van der Waals surface area (Å²) in [5, 5.41) is 0. The van der Waals surface area contributed by atoms with Gasteiger partial charge in [0, 0.05) is 24.2 Å². The second-order valence-electron chi connectivity index (χ2n) is 11.3. The normalized spacial score (nSPS) is 14.9. The molecule has 2 aliphatic heterocycles. The maximum absolute atomic E-state index is 5.98. The SMILES string of the molecule is CN(C)CCC=C1c2ccccc2COc2ccccc21.CN(C)CCC=C1c2ccccc2COc2ccccc21.Cl. The molecule has 224 valence electrons. The number of hydrogen-bond acceptors (Lipinski definition) is 4. The van der Waals surface area contributed by atoms with Crippen molar-refractivity contribution in [2.45, 2.75) is 26.1 Å². The summed E-state index contributed by atoms with van der Waals surface area (Å²) in [4.78, 5) is 4.42. The predicted molar refractivity (Wildman–Crippen MR) is 182 cm³/mol. The molecule has 2 heterocycles. The second kappa shape index (κ2) is 15.6. The van der Waals surface area contributed by atoms with E-state index in [2.05, 4.69) is 135 Å². The van der Waals surface area contributed by atoms with Gasteiger partial charge in [-0.1, -0.05) is 97.1 Å². The smallest absolute Gasteiger partial charge is 0.127 e. The maximum Gasteiger partial charge on any atom is 0.127 e. The van der Waals surface area contributed by atoms with Crippen molar-refractivity contribution in [2.24, 2.45) is 0 Å². The first-order chi connectivity index (χ1) is 20.5. The van der Waals surface area contributed by atoms with Gasteiger partial charge in [-0.3, -0.25) is 0 Å². The van der Waals surface area contributed by atoms with Gasteiger partial charge in [0.2, 0.25) is 0 Å². The third-order valence-electron chi connectivity index (χ3n) is 7.59. The molecule has 0 saturated carbocycles. The van der Waals surface area contributed by atoms with Gasteiger partial charge in [0.15, 0.2) is 0 Å². The average Bonchev–Trinajstić information content (AvgIpc) is 3.26. The summed E-state index contributed by atoms with van der Waals surface area (Å²) in [5.74, 6) is 1.95. The van der Waals surface area contributed by atoms with E-state index in [-0.39, 0.29) is 12.4 Å². The molecule has 0 atom stereocenters. The Morgan fingerprint density at radius 3 is 1.26 bits per heavy atom. The van der Waals surface area contributed by atoms with Crippen LogP contribution in [0.15, 0.2) is 109 Å². The number of nitrogens with zero attached hydrogens (tertiary/aromatic N) is 2. The van der Waals surface area contributed by atoms with Gasteiger partial charge in [0.25, 0.3) is 0 Å². The molecule has 0 aliphatic carbocycles. The van der Waals surface area contributed by atoms with Crippen LogP contribution in [0.5, 0.6) is 11.5 Å². The quantitative estimate of drug-likeness (QED) is 0.224. The van der Waals surface area contributed by atoms with Crippen molar-refractivity contribution in [3.05, 3.63) is 143 Å². The van der Waals surface area contributed by atoms with Crippen LogP contribution in [0.1, 0.15) is 46.2 Å². The molecule has 5 heteroatoms. The van der Waals surface area contributed by atoms with Crippen LogP contribution in [0.25, 0.3) is 11.1 Å². The molecular weight excluding hydrogens is 552 g/mol. The number of rotatable bonds is 6. The molecule has 0 spiro atoms. The Hall–Kier alpha value is -3.83. The molecule has 0 aromatic heterocycles. The molecule has 0 amide bonds. The van der Waals surface area contributed by atoms with Crippen molar-refractivity contribution in [1.29, 1.82) is 0 Å². The Morgan fingerprint density at radius 1 is 0.512 bits per heavy atom. The van der Waals surface area contributed by atoms with Crippen molar-refractivity contribution >= 4 is 23.6 Å². The zero-order valence-corrected chi connectivity index (χ0v) is 26.6. The molecule has 2 aliphatic rings. The Balaban J connectivity index is 0.000000192. The average molecular weight is 595 g/mol. The van der Waals surface area contributed by atoms with E-state index in [9.17, 15) is 0 Å². The highest BCUT2D eigenvalue weighted by molar-refractivity contribution is 5.86. The van der Waals surface area contributed by atoms with Gasteiger partial charge < -0.3 is 19.3 Å². The number of halogens is 1. The van der Waals surface area contributed by atoms with Gasteiger partial charge in [-0.05, 0) is 86.6 Å². The maximum atomic E-state index is 5.98. The molecule has 4 nitrogen and oxygen atoms in total. The van der Waals surface area contributed by atoms with Crippen molar-refractivity contribution in [3.8, 4) is 11.5 Å². The third-order valence-corrected chi connectivity index (χ3v) is 7.59. The summed E-state index contributed by atoms with van der Waals surface area (Å²) in [7, 11) is 8.43. The number of ether oxygens (including phenoxy) is 2. The first kappa shape index (κ1) is 32.1. The van der Waals surface area contributed by atoms with Crippen molar-refractivity contribution < 1.29 is 9.47 Å². The van der Waals surface area contributed by atoms with Crippen LogP contribution >= 0.6 is 12.4 Å². The van der Waals surface area contributed by atoms with Gasteiger partial charge in [-0.2, -0.15) is 0 Å². The molecule has 0 N–H and O–H groups in total. The van der Waals surface area contributed by atoms with Crippen LogP contribution in [-0.4, -0.2) is 51.1 Å². The molecule has 0 bridgehead atoms. The lowest BCUT2D eigenvalue weighted by atomic mass is 9.93. The van der Waals surface area contributed by atoms with E-state index >= 15 is 0 Å². The van der Waals surface area contributed by atoms with Crippen LogP contribution < -0.4 is 9.47 Å². The van der Waals surface area contributed by atoms with Crippen LogP contribution in [-0.2, 0) is 13.2 Å². The highest BCUT2D eigenvalue weighted by Gasteiger charge is 2.19. The van der Waals surface area contributed by atoms with E-state index in [4.69, 9.17) is 9.47 Å². The van der Waals surface area contributed by atoms with E-state index in [0.717, 1.165) is 37.4 Å². The lowest BCUT2D eigenvalue weighted by Gasteiger charge is -2.12. The molecule has 0 radical (unpaired) electrons. The lowest BCUT2D eigenvalue weighted by Crippen LogP contribution is -2.12. The summed E-state index contributed by atoms with van der Waals surface area (Å²) in [5.41, 5.74) is 10.1. The van der Waals surface area contributed by atoms with Gasteiger partial charge in [-0.15, -0.1) is 12.4 Å². The number of hydrogen-bond donors (Lipinski definition) is 0. The topological polar surface area (TPSA) is 24.9 Å². The fourth-order valence-corrected chi connectivity index (χ4v) is 5.42. The highest BCUT2D eigenvalue weighted by Crippen LogP contribution is 2.38. The zero-order valence-electron chi connectivity index (χ0n) is 25.8. The van der Waals surface area contributed by atoms with Crippen molar-refractivity contribution in [2.75, 3.05) is 41.3 Å². The summed E-state index contributed by atoms with van der Waals surface area (Å²) in [6.07, 6.45) is 6.74. The lowest BCUT2D eigenvalue weighted by molar-refractivity contribution is 0.307. The number of fused-ring (bicyclic) bond motifs is 4. The molecule has 43 heavy (non-hydrogen) atoms. The zero-order chi connectivity index (χ0) is 29.3. The van der Waals surface area contributed by atoms with Gasteiger partial charge in [-0.25, -0.2) is 0 Å². The number of benzene rings is 4. The van der Waals surface area contributed by atoms with Crippen LogP contribution in [0, 0.1) is 0 Å². The van der Waals surface area contributed by atoms with Crippen molar-refractivity contribution in [1.82, 2.24) is 9.80 Å². The Kier molecular flexibility index (Phi) is 11.6. The minimum absolute atomic E-state index is 0. The largest absolute Gasteiger partial charge is 0.488 e. The van der Waals surface area contributed by atoms with Crippen LogP contribution in [0.3, 0.4) is 0 Å². The Morgan fingerprint density at radius 2 is 0.860 bits per heavy atom. The summed E-state index contributed by atoms with van der Waals surface area (Å²) < 4.78 is 12.0. The minimum Gasteiger partial charge on any atom is -0.488 e. The summed E-state index contributed by atoms with van der Waals surface area (Å²) in [6.45, 7) is 3.37. The second-order valence-corrected chi connectivity index (χ2v) is 11.3. The first-order valence-corrected chi connectivity index (χ1v) is 14.8. The summed E-state index contributed by atoms with van der Waals surface area (Å²) in [6, 6.07) is 33.7. The third kappa shape index (κ3) is 8.17. The van der Waals surface area contributed by atoms with Gasteiger partial charge in [0.05, 0.1) is 0 Å². The molecule has 6 rings (SSSR count). The van der Waals surface area contributed by atoms with E-state index in [1.54, 1.807) is 0 Å². The van der Waals surface area contributed by atoms with E-state index in [0.29, 0.717) is 13.2 Å². The van der Waals surface area contributed by atoms with E-state index in [1.807, 2.05) is 12.1 Å². The molecule has 0 saturated heterocycles. The molecule has 4 aromatic rings. The Labute approximate surface area is 263 Å².